The predicted molar refractivity (Wildman–Crippen MR) is 139 cm³/mol. The van der Waals surface area contributed by atoms with Gasteiger partial charge in [-0.15, -0.1) is 0 Å². The van der Waals surface area contributed by atoms with Crippen molar-refractivity contribution >= 4 is 35.0 Å². The molecule has 182 valence electrons. The van der Waals surface area contributed by atoms with Crippen molar-refractivity contribution in [1.82, 2.24) is 4.98 Å². The minimum absolute atomic E-state index is 0.0621. The third-order valence-corrected chi connectivity index (χ3v) is 5.47. The molecule has 4 aromatic rings. The number of aryl methyl sites for hydroxylation is 1. The van der Waals surface area contributed by atoms with Gasteiger partial charge in [-0.3, -0.25) is 4.79 Å². The number of nitrogens with two attached hydrogens (primary N) is 1. The molecule has 0 aliphatic heterocycles. The highest BCUT2D eigenvalue weighted by Crippen LogP contribution is 2.30. The molecule has 36 heavy (non-hydrogen) atoms. The number of carbonyl (C=O) groups excluding carboxylic acids is 2. The molecule has 0 saturated heterocycles. The Bertz CT molecular complexity index is 1380. The van der Waals surface area contributed by atoms with E-state index in [0.29, 0.717) is 21.8 Å². The third kappa shape index (κ3) is 6.40. The standard InChI is InChI=1S/C28H24ClN3O4/c1-18-7-5-11-21(13-18)27(33)32-23-12-6-10-20(14-23)25(36-24-15-22(29)16-31-26(24)30)28(34)35-17-19-8-3-2-4-9-19/h2-16,25H,17H2,1H3,(H2,30,31)(H,32,33)/t25-/m1/s1. The van der Waals surface area contributed by atoms with E-state index < -0.39 is 12.1 Å². The second-order valence-electron chi connectivity index (χ2n) is 8.08. The third-order valence-electron chi connectivity index (χ3n) is 5.26. The van der Waals surface area contributed by atoms with Crippen LogP contribution >= 0.6 is 11.6 Å². The van der Waals surface area contributed by atoms with Crippen LogP contribution in [0.4, 0.5) is 11.5 Å². The van der Waals surface area contributed by atoms with Crippen molar-refractivity contribution in [2.45, 2.75) is 19.6 Å². The molecule has 8 heteroatoms. The summed E-state index contributed by atoms with van der Waals surface area (Å²) in [4.78, 5) is 29.9. The van der Waals surface area contributed by atoms with Crippen molar-refractivity contribution in [2.75, 3.05) is 11.1 Å². The second kappa shape index (κ2) is 11.4. The lowest BCUT2D eigenvalue weighted by atomic mass is 10.1. The van der Waals surface area contributed by atoms with Crippen molar-refractivity contribution in [3.8, 4) is 5.75 Å². The van der Waals surface area contributed by atoms with Crippen LogP contribution in [0.3, 0.4) is 0 Å². The van der Waals surface area contributed by atoms with Gasteiger partial charge in [0.25, 0.3) is 5.91 Å². The van der Waals surface area contributed by atoms with Crippen LogP contribution in [-0.2, 0) is 16.1 Å². The highest BCUT2D eigenvalue weighted by atomic mass is 35.5. The molecule has 1 atom stereocenters. The molecule has 1 heterocycles. The van der Waals surface area contributed by atoms with E-state index in [-0.39, 0.29) is 24.1 Å². The number of aromatic nitrogens is 1. The number of pyridine rings is 1. The summed E-state index contributed by atoms with van der Waals surface area (Å²) in [5, 5.41) is 3.16. The number of nitrogens with one attached hydrogen (secondary N) is 1. The molecule has 0 fully saturated rings. The summed E-state index contributed by atoms with van der Waals surface area (Å²) in [6.07, 6.45) is 0.195. The molecule has 0 radical (unpaired) electrons. The molecule has 0 spiro atoms. The van der Waals surface area contributed by atoms with Crippen molar-refractivity contribution in [1.29, 1.82) is 0 Å². The minimum atomic E-state index is -1.19. The molecule has 7 nitrogen and oxygen atoms in total. The Morgan fingerprint density at radius 2 is 1.78 bits per heavy atom. The second-order valence-corrected chi connectivity index (χ2v) is 8.51. The van der Waals surface area contributed by atoms with Crippen molar-refractivity contribution in [2.24, 2.45) is 0 Å². The molecule has 0 aliphatic rings. The number of anilines is 2. The van der Waals surface area contributed by atoms with E-state index in [0.717, 1.165) is 11.1 Å². The molecule has 3 aromatic carbocycles. The largest absolute Gasteiger partial charge is 0.470 e. The summed E-state index contributed by atoms with van der Waals surface area (Å²) in [5.41, 5.74) is 9.21. The van der Waals surface area contributed by atoms with Crippen molar-refractivity contribution in [3.05, 3.63) is 118 Å². The maximum atomic E-state index is 13.2. The zero-order chi connectivity index (χ0) is 25.5. The van der Waals surface area contributed by atoms with Gasteiger partial charge in [-0.25, -0.2) is 9.78 Å². The number of hydrogen-bond acceptors (Lipinski definition) is 6. The number of hydrogen-bond donors (Lipinski definition) is 2. The quantitative estimate of drug-likeness (QED) is 0.298. The van der Waals surface area contributed by atoms with Gasteiger partial charge < -0.3 is 20.5 Å². The predicted octanol–water partition coefficient (Wildman–Crippen LogP) is 5.74. The summed E-state index contributed by atoms with van der Waals surface area (Å²) < 4.78 is 11.5. The Balaban J connectivity index is 1.59. The zero-order valence-electron chi connectivity index (χ0n) is 19.5. The van der Waals surface area contributed by atoms with Crippen molar-refractivity contribution < 1.29 is 19.1 Å². The molecule has 0 unspecified atom stereocenters. The molecule has 0 saturated carbocycles. The van der Waals surface area contributed by atoms with Crippen LogP contribution < -0.4 is 15.8 Å². The number of rotatable bonds is 8. The maximum absolute atomic E-state index is 13.2. The smallest absolute Gasteiger partial charge is 0.352 e. The lowest BCUT2D eigenvalue weighted by Crippen LogP contribution is -2.22. The molecule has 0 bridgehead atoms. The van der Waals surface area contributed by atoms with Gasteiger partial charge in [-0.05, 0) is 36.8 Å². The van der Waals surface area contributed by atoms with Crippen LogP contribution in [0, 0.1) is 6.92 Å². The molecule has 4 rings (SSSR count). The normalized spacial score (nSPS) is 11.4. The summed E-state index contributed by atoms with van der Waals surface area (Å²) in [5.74, 6) is -0.703. The van der Waals surface area contributed by atoms with E-state index in [4.69, 9.17) is 26.8 Å². The van der Waals surface area contributed by atoms with Crippen LogP contribution in [0.25, 0.3) is 0 Å². The average Bonchev–Trinajstić information content (AvgIpc) is 2.88. The number of carbonyl (C=O) groups is 2. The first-order chi connectivity index (χ1) is 17.4. The van der Waals surface area contributed by atoms with Crippen molar-refractivity contribution in [3.63, 3.8) is 0 Å². The molecule has 3 N–H and O–H groups in total. The lowest BCUT2D eigenvalue weighted by Gasteiger charge is -2.20. The average molecular weight is 502 g/mol. The maximum Gasteiger partial charge on any atom is 0.352 e. The summed E-state index contributed by atoms with van der Waals surface area (Å²) >= 11 is 6.06. The number of halogens is 1. The monoisotopic (exact) mass is 501 g/mol. The van der Waals surface area contributed by atoms with E-state index >= 15 is 0 Å². The number of ether oxygens (including phenoxy) is 2. The number of benzene rings is 3. The van der Waals surface area contributed by atoms with E-state index in [1.54, 1.807) is 36.4 Å². The van der Waals surface area contributed by atoms with Gasteiger partial charge in [0.1, 0.15) is 6.61 Å². The first-order valence-corrected chi connectivity index (χ1v) is 11.5. The minimum Gasteiger partial charge on any atom is -0.470 e. The fourth-order valence-electron chi connectivity index (χ4n) is 3.48. The summed E-state index contributed by atoms with van der Waals surface area (Å²) in [6.45, 7) is 1.98. The van der Waals surface area contributed by atoms with Gasteiger partial charge in [0.15, 0.2) is 11.6 Å². The Morgan fingerprint density at radius 3 is 2.56 bits per heavy atom. The van der Waals surface area contributed by atoms with Crippen LogP contribution in [0.5, 0.6) is 5.75 Å². The zero-order valence-corrected chi connectivity index (χ0v) is 20.2. The Morgan fingerprint density at radius 1 is 1.00 bits per heavy atom. The van der Waals surface area contributed by atoms with Gasteiger partial charge >= 0.3 is 5.97 Å². The molecule has 1 amide bonds. The van der Waals surface area contributed by atoms with Crippen LogP contribution in [0.2, 0.25) is 5.02 Å². The fraction of sp³-hybridized carbons (Fsp3) is 0.107. The summed E-state index contributed by atoms with van der Waals surface area (Å²) in [7, 11) is 0. The lowest BCUT2D eigenvalue weighted by molar-refractivity contribution is -0.153. The van der Waals surface area contributed by atoms with Gasteiger partial charge in [0, 0.05) is 29.1 Å². The Kier molecular flexibility index (Phi) is 7.82. The highest BCUT2D eigenvalue weighted by Gasteiger charge is 2.26. The number of nitrogen functional groups attached to an aromatic ring is 1. The Labute approximate surface area is 213 Å². The Hall–Kier alpha value is -4.36. The highest BCUT2D eigenvalue weighted by molar-refractivity contribution is 6.30. The molecule has 1 aromatic heterocycles. The van der Waals surface area contributed by atoms with E-state index in [9.17, 15) is 9.59 Å². The SMILES string of the molecule is Cc1cccc(C(=O)Nc2cccc([C@@H](Oc3cc(Cl)cnc3N)C(=O)OCc3ccccc3)c2)c1. The number of nitrogens with zero attached hydrogens (tertiary/aromatic N) is 1. The van der Waals surface area contributed by atoms with Gasteiger partial charge in [-0.2, -0.15) is 0 Å². The number of amides is 1. The van der Waals surface area contributed by atoms with Crippen LogP contribution in [0.1, 0.15) is 33.2 Å². The molecular formula is C28H24ClN3O4. The van der Waals surface area contributed by atoms with E-state index in [2.05, 4.69) is 10.3 Å². The number of esters is 1. The topological polar surface area (TPSA) is 104 Å². The van der Waals surface area contributed by atoms with Crippen LogP contribution in [0.15, 0.2) is 91.1 Å². The molecular weight excluding hydrogens is 478 g/mol. The van der Waals surface area contributed by atoms with Gasteiger partial charge in [-0.1, -0.05) is 71.8 Å². The fourth-order valence-corrected chi connectivity index (χ4v) is 3.63. The summed E-state index contributed by atoms with van der Waals surface area (Å²) in [6, 6.07) is 24.8. The van der Waals surface area contributed by atoms with Gasteiger partial charge in [0.05, 0.1) is 5.02 Å². The van der Waals surface area contributed by atoms with Gasteiger partial charge in [0.2, 0.25) is 6.10 Å². The first kappa shape index (κ1) is 24.8. The van der Waals surface area contributed by atoms with Crippen LogP contribution in [-0.4, -0.2) is 16.9 Å². The van der Waals surface area contributed by atoms with E-state index in [1.807, 2.05) is 49.4 Å². The first-order valence-electron chi connectivity index (χ1n) is 11.2. The molecule has 0 aliphatic carbocycles. The van der Waals surface area contributed by atoms with E-state index in [1.165, 1.54) is 12.3 Å².